The minimum atomic E-state index is 0.599. The molecule has 8 aromatic carbocycles. The predicted molar refractivity (Wildman–Crippen MR) is 209 cm³/mol. The lowest BCUT2D eigenvalue weighted by molar-refractivity contribution is 0.669. The smallest absolute Gasteiger partial charge is 0.164 e. The van der Waals surface area contributed by atoms with Crippen molar-refractivity contribution in [3.05, 3.63) is 176 Å². The van der Waals surface area contributed by atoms with E-state index in [1.165, 1.54) is 27.5 Å². The van der Waals surface area contributed by atoms with E-state index < -0.39 is 0 Å². The van der Waals surface area contributed by atoms with E-state index in [9.17, 15) is 0 Å². The Morgan fingerprint density at radius 3 is 1.69 bits per heavy atom. The van der Waals surface area contributed by atoms with Gasteiger partial charge in [0.2, 0.25) is 0 Å². The molecule has 2 heterocycles. The van der Waals surface area contributed by atoms with Gasteiger partial charge in [-0.3, -0.25) is 0 Å². The molecule has 0 spiro atoms. The largest absolute Gasteiger partial charge is 0.456 e. The average Bonchev–Trinajstić information content (AvgIpc) is 3.59. The molecule has 0 aliphatic rings. The molecule has 0 saturated heterocycles. The van der Waals surface area contributed by atoms with Crippen LogP contribution in [0.4, 0.5) is 0 Å². The van der Waals surface area contributed by atoms with E-state index in [-0.39, 0.29) is 0 Å². The number of benzene rings is 8. The fourth-order valence-electron chi connectivity index (χ4n) is 7.35. The van der Waals surface area contributed by atoms with Crippen molar-refractivity contribution in [1.29, 1.82) is 0 Å². The molecular formula is C47H29N3O. The molecule has 0 bridgehead atoms. The summed E-state index contributed by atoms with van der Waals surface area (Å²) in [6.45, 7) is 0. The van der Waals surface area contributed by atoms with Crippen LogP contribution in [0.2, 0.25) is 0 Å². The minimum Gasteiger partial charge on any atom is -0.456 e. The maximum Gasteiger partial charge on any atom is 0.164 e. The van der Waals surface area contributed by atoms with Crippen LogP contribution >= 0.6 is 0 Å². The van der Waals surface area contributed by atoms with Crippen LogP contribution in [-0.4, -0.2) is 15.0 Å². The van der Waals surface area contributed by atoms with Gasteiger partial charge in [-0.05, 0) is 68.1 Å². The van der Waals surface area contributed by atoms with Crippen molar-refractivity contribution in [3.8, 4) is 56.4 Å². The number of rotatable bonds is 5. The summed E-state index contributed by atoms with van der Waals surface area (Å²) >= 11 is 0. The zero-order valence-electron chi connectivity index (χ0n) is 27.5. The molecule has 4 heteroatoms. The fraction of sp³-hybridized carbons (Fsp3) is 0. The number of hydrogen-bond acceptors (Lipinski definition) is 4. The first kappa shape index (κ1) is 29.0. The average molecular weight is 652 g/mol. The monoisotopic (exact) mass is 651 g/mol. The Morgan fingerprint density at radius 1 is 0.314 bits per heavy atom. The highest BCUT2D eigenvalue weighted by atomic mass is 16.3. The number of hydrogen-bond donors (Lipinski definition) is 0. The second kappa shape index (κ2) is 11.9. The Kier molecular flexibility index (Phi) is 6.78. The van der Waals surface area contributed by atoms with Gasteiger partial charge in [0.25, 0.3) is 0 Å². The summed E-state index contributed by atoms with van der Waals surface area (Å²) in [5, 5.41) is 6.66. The summed E-state index contributed by atoms with van der Waals surface area (Å²) in [6.07, 6.45) is 0. The van der Waals surface area contributed by atoms with Crippen LogP contribution in [0.3, 0.4) is 0 Å². The highest BCUT2D eigenvalue weighted by Gasteiger charge is 2.20. The summed E-state index contributed by atoms with van der Waals surface area (Å²) in [4.78, 5) is 15.4. The molecule has 2 aromatic heterocycles. The molecule has 10 rings (SSSR count). The first-order valence-corrected chi connectivity index (χ1v) is 17.1. The van der Waals surface area contributed by atoms with Gasteiger partial charge < -0.3 is 4.42 Å². The quantitative estimate of drug-likeness (QED) is 0.186. The van der Waals surface area contributed by atoms with Gasteiger partial charge >= 0.3 is 0 Å². The highest BCUT2D eigenvalue weighted by Crippen LogP contribution is 2.40. The van der Waals surface area contributed by atoms with Crippen LogP contribution in [0.15, 0.2) is 180 Å². The Balaban J connectivity index is 1.18. The van der Waals surface area contributed by atoms with Gasteiger partial charge in [-0.2, -0.15) is 0 Å². The normalized spacial score (nSPS) is 11.5. The maximum absolute atomic E-state index is 6.56. The predicted octanol–water partition coefficient (Wildman–Crippen LogP) is 12.4. The van der Waals surface area contributed by atoms with Crippen molar-refractivity contribution in [3.63, 3.8) is 0 Å². The molecule has 0 N–H and O–H groups in total. The van der Waals surface area contributed by atoms with E-state index in [1.807, 2.05) is 48.5 Å². The van der Waals surface area contributed by atoms with Crippen molar-refractivity contribution < 1.29 is 4.42 Å². The third-order valence-electron chi connectivity index (χ3n) is 9.76. The second-order valence-electron chi connectivity index (χ2n) is 12.8. The lowest BCUT2D eigenvalue weighted by Gasteiger charge is -2.13. The van der Waals surface area contributed by atoms with E-state index in [0.717, 1.165) is 55.0 Å². The van der Waals surface area contributed by atoms with E-state index in [4.69, 9.17) is 19.4 Å². The van der Waals surface area contributed by atoms with Crippen LogP contribution in [0.1, 0.15) is 0 Å². The van der Waals surface area contributed by atoms with Gasteiger partial charge in [0.1, 0.15) is 11.2 Å². The van der Waals surface area contributed by atoms with Crippen molar-refractivity contribution in [2.45, 2.75) is 0 Å². The minimum absolute atomic E-state index is 0.599. The van der Waals surface area contributed by atoms with E-state index in [2.05, 4.69) is 127 Å². The standard InChI is InChI=1S/C47H29N3O/c1-3-13-30(14-4-1)36-27-28-39(38-21-10-9-20-37(36)38)46-48-45(32-16-5-2-6-17-32)49-47(50-46)41-23-12-24-42-44(41)40-26-25-33(29-43(40)51-42)35-22-11-18-31-15-7-8-19-34(31)35/h1-29H. The molecule has 0 saturated carbocycles. The summed E-state index contributed by atoms with van der Waals surface area (Å²) in [6, 6.07) is 61.0. The molecule has 238 valence electrons. The third-order valence-corrected chi connectivity index (χ3v) is 9.76. The van der Waals surface area contributed by atoms with Crippen molar-refractivity contribution >= 4 is 43.5 Å². The van der Waals surface area contributed by atoms with Gasteiger partial charge in [-0.25, -0.2) is 15.0 Å². The Labute approximate surface area is 294 Å². The lowest BCUT2D eigenvalue weighted by atomic mass is 9.94. The van der Waals surface area contributed by atoms with Crippen molar-refractivity contribution in [1.82, 2.24) is 15.0 Å². The molecule has 0 aliphatic carbocycles. The van der Waals surface area contributed by atoms with Crippen LogP contribution in [0.25, 0.3) is 99.9 Å². The van der Waals surface area contributed by atoms with E-state index >= 15 is 0 Å². The number of furan rings is 1. The first-order chi connectivity index (χ1) is 25.3. The maximum atomic E-state index is 6.56. The number of fused-ring (bicyclic) bond motifs is 5. The molecular weight excluding hydrogens is 623 g/mol. The molecule has 0 unspecified atom stereocenters. The van der Waals surface area contributed by atoms with E-state index in [0.29, 0.717) is 17.5 Å². The molecule has 0 atom stereocenters. The SMILES string of the molecule is c1ccc(-c2nc(-c3ccc(-c4ccccc4)c4ccccc34)nc(-c3cccc4oc5cc(-c6cccc7ccccc67)ccc5c34)n2)cc1. The molecule has 10 aromatic rings. The summed E-state index contributed by atoms with van der Waals surface area (Å²) < 4.78 is 6.56. The first-order valence-electron chi connectivity index (χ1n) is 17.1. The van der Waals surface area contributed by atoms with Gasteiger partial charge in [0.15, 0.2) is 17.5 Å². The molecule has 0 radical (unpaired) electrons. The van der Waals surface area contributed by atoms with Crippen molar-refractivity contribution in [2.75, 3.05) is 0 Å². The summed E-state index contributed by atoms with van der Waals surface area (Å²) in [7, 11) is 0. The second-order valence-corrected chi connectivity index (χ2v) is 12.8. The summed E-state index contributed by atoms with van der Waals surface area (Å²) in [5.74, 6) is 1.84. The third kappa shape index (κ3) is 4.96. The Morgan fingerprint density at radius 2 is 0.882 bits per heavy atom. The van der Waals surface area contributed by atoms with Crippen LogP contribution in [-0.2, 0) is 0 Å². The van der Waals surface area contributed by atoms with E-state index in [1.54, 1.807) is 0 Å². The Hall–Kier alpha value is -6.91. The van der Waals surface area contributed by atoms with Crippen molar-refractivity contribution in [2.24, 2.45) is 0 Å². The van der Waals surface area contributed by atoms with Crippen LogP contribution in [0.5, 0.6) is 0 Å². The van der Waals surface area contributed by atoms with Gasteiger partial charge in [0.05, 0.1) is 0 Å². The molecule has 4 nitrogen and oxygen atoms in total. The van der Waals surface area contributed by atoms with Gasteiger partial charge in [0, 0.05) is 27.5 Å². The van der Waals surface area contributed by atoms with Gasteiger partial charge in [-0.1, -0.05) is 152 Å². The molecule has 0 aliphatic heterocycles. The molecule has 0 amide bonds. The zero-order valence-corrected chi connectivity index (χ0v) is 27.5. The fourth-order valence-corrected chi connectivity index (χ4v) is 7.35. The Bertz CT molecular complexity index is 2910. The van der Waals surface area contributed by atoms with Gasteiger partial charge in [-0.15, -0.1) is 0 Å². The lowest BCUT2D eigenvalue weighted by Crippen LogP contribution is -2.01. The molecule has 0 fully saturated rings. The molecule has 51 heavy (non-hydrogen) atoms. The highest BCUT2D eigenvalue weighted by molar-refractivity contribution is 6.13. The number of aromatic nitrogens is 3. The van der Waals surface area contributed by atoms with Crippen LogP contribution in [0, 0.1) is 0 Å². The zero-order chi connectivity index (χ0) is 33.7. The topological polar surface area (TPSA) is 51.8 Å². The number of nitrogens with zero attached hydrogens (tertiary/aromatic N) is 3. The van der Waals surface area contributed by atoms with Crippen LogP contribution < -0.4 is 0 Å². The summed E-state index contributed by atoms with van der Waals surface area (Å²) in [5.41, 5.74) is 9.02.